The van der Waals surface area contributed by atoms with Crippen molar-refractivity contribution < 1.29 is 14.2 Å². The highest BCUT2D eigenvalue weighted by Gasteiger charge is 2.11. The van der Waals surface area contributed by atoms with Crippen molar-refractivity contribution >= 4 is 6.08 Å². The molecule has 0 heterocycles. The van der Waals surface area contributed by atoms with E-state index in [1.165, 1.54) is 0 Å². The van der Waals surface area contributed by atoms with Gasteiger partial charge >= 0.3 is 0 Å². The van der Waals surface area contributed by atoms with E-state index >= 15 is 0 Å². The highest BCUT2D eigenvalue weighted by atomic mass is 16.5. The first-order chi connectivity index (χ1) is 8.26. The first kappa shape index (κ1) is 13.4. The predicted molar refractivity (Wildman–Crippen MR) is 70.0 cm³/mol. The Morgan fingerprint density at radius 1 is 1.00 bits per heavy atom. The molecule has 0 saturated carbocycles. The molecule has 0 aromatic heterocycles. The highest BCUT2D eigenvalue weighted by molar-refractivity contribution is 5.62. The molecule has 94 valence electrons. The Hall–Kier alpha value is -1.64. The van der Waals surface area contributed by atoms with E-state index in [2.05, 4.69) is 19.1 Å². The van der Waals surface area contributed by atoms with Gasteiger partial charge in [0.2, 0.25) is 5.75 Å². The lowest BCUT2D eigenvalue weighted by Crippen LogP contribution is -1.95. The van der Waals surface area contributed by atoms with Crippen LogP contribution in [0.4, 0.5) is 0 Å². The molecular formula is C14H20O3. The van der Waals surface area contributed by atoms with E-state index in [0.717, 1.165) is 18.4 Å². The second-order valence-corrected chi connectivity index (χ2v) is 3.65. The van der Waals surface area contributed by atoms with E-state index < -0.39 is 0 Å². The smallest absolute Gasteiger partial charge is 0.203 e. The number of allylic oxidation sites excluding steroid dienone is 1. The molecule has 3 nitrogen and oxygen atoms in total. The topological polar surface area (TPSA) is 27.7 Å². The molecule has 1 aromatic carbocycles. The third kappa shape index (κ3) is 3.41. The summed E-state index contributed by atoms with van der Waals surface area (Å²) in [6.45, 7) is 2.15. The van der Waals surface area contributed by atoms with Crippen LogP contribution in [0, 0.1) is 0 Å². The number of ether oxygens (including phenoxy) is 3. The van der Waals surface area contributed by atoms with Gasteiger partial charge in [-0.1, -0.05) is 25.5 Å². The fourth-order valence-electron chi connectivity index (χ4n) is 1.58. The Labute approximate surface area is 103 Å². The highest BCUT2D eigenvalue weighted by Crippen LogP contribution is 2.38. The number of hydrogen-bond donors (Lipinski definition) is 0. The van der Waals surface area contributed by atoms with Crippen LogP contribution >= 0.6 is 0 Å². The third-order valence-electron chi connectivity index (χ3n) is 2.45. The van der Waals surface area contributed by atoms with Crippen molar-refractivity contribution in [3.8, 4) is 17.2 Å². The lowest BCUT2D eigenvalue weighted by atomic mass is 10.1. The summed E-state index contributed by atoms with van der Waals surface area (Å²) in [5.74, 6) is 1.99. The van der Waals surface area contributed by atoms with Crippen molar-refractivity contribution in [3.63, 3.8) is 0 Å². The second-order valence-electron chi connectivity index (χ2n) is 3.65. The quantitative estimate of drug-likeness (QED) is 0.756. The Morgan fingerprint density at radius 3 is 2.00 bits per heavy atom. The van der Waals surface area contributed by atoms with Gasteiger partial charge in [0.05, 0.1) is 21.3 Å². The van der Waals surface area contributed by atoms with Crippen LogP contribution in [-0.2, 0) is 0 Å². The maximum atomic E-state index is 5.29. The molecule has 17 heavy (non-hydrogen) atoms. The molecule has 0 aliphatic rings. The molecular weight excluding hydrogens is 216 g/mol. The normalized spacial score (nSPS) is 10.6. The van der Waals surface area contributed by atoms with E-state index in [1.54, 1.807) is 21.3 Å². The van der Waals surface area contributed by atoms with E-state index in [0.29, 0.717) is 17.2 Å². The number of methoxy groups -OCH3 is 3. The number of rotatable bonds is 6. The van der Waals surface area contributed by atoms with Gasteiger partial charge in [-0.2, -0.15) is 0 Å². The standard InChI is InChI=1S/C14H20O3/c1-5-6-7-8-11-9-12(15-2)14(17-4)13(10-11)16-3/h7-10H,5-6H2,1-4H3. The van der Waals surface area contributed by atoms with Gasteiger partial charge in [-0.05, 0) is 24.1 Å². The molecule has 1 aromatic rings. The van der Waals surface area contributed by atoms with Crippen molar-refractivity contribution in [2.75, 3.05) is 21.3 Å². The molecule has 0 amide bonds. The molecule has 0 radical (unpaired) electrons. The molecule has 0 saturated heterocycles. The molecule has 0 aliphatic heterocycles. The summed E-state index contributed by atoms with van der Waals surface area (Å²) in [6.07, 6.45) is 6.41. The van der Waals surface area contributed by atoms with Crippen LogP contribution in [0.1, 0.15) is 25.3 Å². The summed E-state index contributed by atoms with van der Waals surface area (Å²) < 4.78 is 15.8. The second kappa shape index (κ2) is 6.84. The summed E-state index contributed by atoms with van der Waals surface area (Å²) in [7, 11) is 4.85. The monoisotopic (exact) mass is 236 g/mol. The van der Waals surface area contributed by atoms with Crippen molar-refractivity contribution in [1.29, 1.82) is 0 Å². The molecule has 0 fully saturated rings. The molecule has 0 atom stereocenters. The maximum Gasteiger partial charge on any atom is 0.203 e. The Kier molecular flexibility index (Phi) is 5.40. The summed E-state index contributed by atoms with van der Waals surface area (Å²) in [5, 5.41) is 0. The molecule has 0 N–H and O–H groups in total. The zero-order valence-corrected chi connectivity index (χ0v) is 10.9. The first-order valence-corrected chi connectivity index (χ1v) is 5.73. The van der Waals surface area contributed by atoms with Crippen LogP contribution in [0.2, 0.25) is 0 Å². The minimum Gasteiger partial charge on any atom is -0.493 e. The van der Waals surface area contributed by atoms with Crippen molar-refractivity contribution in [3.05, 3.63) is 23.8 Å². The Bertz CT molecular complexity index is 358. The fourth-order valence-corrected chi connectivity index (χ4v) is 1.58. The number of benzene rings is 1. The van der Waals surface area contributed by atoms with E-state index in [1.807, 2.05) is 12.1 Å². The maximum absolute atomic E-state index is 5.29. The largest absolute Gasteiger partial charge is 0.493 e. The van der Waals surface area contributed by atoms with Gasteiger partial charge in [-0.25, -0.2) is 0 Å². The molecule has 1 rings (SSSR count). The van der Waals surface area contributed by atoms with E-state index in [9.17, 15) is 0 Å². The zero-order valence-electron chi connectivity index (χ0n) is 10.9. The summed E-state index contributed by atoms with van der Waals surface area (Å²) in [4.78, 5) is 0. The predicted octanol–water partition coefficient (Wildman–Crippen LogP) is 3.53. The van der Waals surface area contributed by atoms with Gasteiger partial charge in [-0.15, -0.1) is 0 Å². The minimum absolute atomic E-state index is 0.627. The van der Waals surface area contributed by atoms with Crippen LogP contribution < -0.4 is 14.2 Å². The average Bonchev–Trinajstić information content (AvgIpc) is 2.37. The van der Waals surface area contributed by atoms with Crippen LogP contribution in [-0.4, -0.2) is 21.3 Å². The van der Waals surface area contributed by atoms with Gasteiger partial charge in [0, 0.05) is 0 Å². The van der Waals surface area contributed by atoms with Gasteiger partial charge in [0.15, 0.2) is 11.5 Å². The van der Waals surface area contributed by atoms with E-state index in [-0.39, 0.29) is 0 Å². The Balaban J connectivity index is 3.08. The summed E-state index contributed by atoms with van der Waals surface area (Å²) in [6, 6.07) is 3.88. The van der Waals surface area contributed by atoms with Gasteiger partial charge < -0.3 is 14.2 Å². The fraction of sp³-hybridized carbons (Fsp3) is 0.429. The molecule has 0 aliphatic carbocycles. The molecule has 0 unspecified atom stereocenters. The van der Waals surface area contributed by atoms with E-state index in [4.69, 9.17) is 14.2 Å². The van der Waals surface area contributed by atoms with Crippen LogP contribution in [0.15, 0.2) is 18.2 Å². The minimum atomic E-state index is 0.627. The summed E-state index contributed by atoms with van der Waals surface area (Å²) >= 11 is 0. The molecule has 3 heteroatoms. The van der Waals surface area contributed by atoms with Crippen molar-refractivity contribution in [2.24, 2.45) is 0 Å². The van der Waals surface area contributed by atoms with Crippen LogP contribution in [0.25, 0.3) is 6.08 Å². The van der Waals surface area contributed by atoms with Crippen molar-refractivity contribution in [2.45, 2.75) is 19.8 Å². The SMILES string of the molecule is CCCC=Cc1cc(OC)c(OC)c(OC)c1. The van der Waals surface area contributed by atoms with Crippen LogP contribution in [0.5, 0.6) is 17.2 Å². The van der Waals surface area contributed by atoms with Gasteiger partial charge in [0.1, 0.15) is 0 Å². The Morgan fingerprint density at radius 2 is 1.59 bits per heavy atom. The molecule has 0 bridgehead atoms. The molecule has 0 spiro atoms. The average molecular weight is 236 g/mol. The first-order valence-electron chi connectivity index (χ1n) is 5.73. The lowest BCUT2D eigenvalue weighted by molar-refractivity contribution is 0.324. The zero-order chi connectivity index (χ0) is 12.7. The third-order valence-corrected chi connectivity index (χ3v) is 2.45. The van der Waals surface area contributed by atoms with Gasteiger partial charge in [-0.3, -0.25) is 0 Å². The summed E-state index contributed by atoms with van der Waals surface area (Å²) in [5.41, 5.74) is 1.05. The number of unbranched alkanes of at least 4 members (excludes halogenated alkanes) is 1. The number of hydrogen-bond acceptors (Lipinski definition) is 3. The van der Waals surface area contributed by atoms with Gasteiger partial charge in [0.25, 0.3) is 0 Å². The lowest BCUT2D eigenvalue weighted by Gasteiger charge is -2.12. The van der Waals surface area contributed by atoms with Crippen LogP contribution in [0.3, 0.4) is 0 Å². The van der Waals surface area contributed by atoms with Crippen molar-refractivity contribution in [1.82, 2.24) is 0 Å².